The van der Waals surface area contributed by atoms with Crippen LogP contribution in [0.25, 0.3) is 0 Å². The quantitative estimate of drug-likeness (QED) is 0.942. The minimum absolute atomic E-state index is 0.0451. The Morgan fingerprint density at radius 1 is 1.32 bits per heavy atom. The van der Waals surface area contributed by atoms with Gasteiger partial charge in [-0.25, -0.2) is 4.98 Å². The highest BCUT2D eigenvalue weighted by atomic mass is 35.5. The van der Waals surface area contributed by atoms with E-state index in [9.17, 15) is 4.79 Å². The van der Waals surface area contributed by atoms with Crippen molar-refractivity contribution in [3.63, 3.8) is 0 Å². The van der Waals surface area contributed by atoms with Gasteiger partial charge in [0.05, 0.1) is 6.33 Å². The highest BCUT2D eigenvalue weighted by molar-refractivity contribution is 6.30. The minimum atomic E-state index is 0.0451. The third-order valence-electron chi connectivity index (χ3n) is 4.37. The van der Waals surface area contributed by atoms with Crippen LogP contribution in [0, 0.1) is 12.8 Å². The van der Waals surface area contributed by atoms with Crippen LogP contribution in [0.2, 0.25) is 5.02 Å². The molecular formula is C17H20ClN3O. The van der Waals surface area contributed by atoms with Gasteiger partial charge in [-0.2, -0.15) is 0 Å². The predicted molar refractivity (Wildman–Crippen MR) is 87.1 cm³/mol. The maximum atomic E-state index is 12.4. The van der Waals surface area contributed by atoms with E-state index in [0.29, 0.717) is 11.6 Å². The van der Waals surface area contributed by atoms with Crippen LogP contribution in [0.5, 0.6) is 0 Å². The van der Waals surface area contributed by atoms with Crippen molar-refractivity contribution in [3.8, 4) is 0 Å². The molecular weight excluding hydrogens is 298 g/mol. The van der Waals surface area contributed by atoms with Gasteiger partial charge in [0.2, 0.25) is 0 Å². The molecule has 2 aromatic rings. The fourth-order valence-corrected chi connectivity index (χ4v) is 3.14. The second-order valence-electron chi connectivity index (χ2n) is 5.94. The number of carbonyl (C=O) groups excluding carboxylic acids is 1. The van der Waals surface area contributed by atoms with E-state index >= 15 is 0 Å². The molecule has 1 aliphatic rings. The van der Waals surface area contributed by atoms with E-state index in [1.807, 2.05) is 24.0 Å². The molecule has 4 nitrogen and oxygen atoms in total. The zero-order valence-corrected chi connectivity index (χ0v) is 13.4. The van der Waals surface area contributed by atoms with Crippen LogP contribution in [-0.4, -0.2) is 33.9 Å². The summed E-state index contributed by atoms with van der Waals surface area (Å²) < 4.78 is 0. The van der Waals surface area contributed by atoms with Crippen molar-refractivity contribution in [1.29, 1.82) is 0 Å². The number of rotatable bonds is 3. The van der Waals surface area contributed by atoms with E-state index in [4.69, 9.17) is 11.6 Å². The molecule has 5 heteroatoms. The zero-order chi connectivity index (χ0) is 15.5. The summed E-state index contributed by atoms with van der Waals surface area (Å²) in [5.74, 6) is 0.675. The Kier molecular flexibility index (Phi) is 4.48. The second-order valence-corrected chi connectivity index (χ2v) is 6.38. The van der Waals surface area contributed by atoms with Gasteiger partial charge in [-0.05, 0) is 49.8 Å². The first-order valence-corrected chi connectivity index (χ1v) is 8.05. The number of likely N-dealkylation sites (tertiary alicyclic amines) is 1. The number of benzene rings is 1. The van der Waals surface area contributed by atoms with Crippen LogP contribution in [0.15, 0.2) is 30.6 Å². The first-order chi connectivity index (χ1) is 10.6. The molecule has 0 spiro atoms. The zero-order valence-electron chi connectivity index (χ0n) is 12.7. The monoisotopic (exact) mass is 317 g/mol. The topological polar surface area (TPSA) is 49.0 Å². The molecule has 1 aliphatic heterocycles. The highest BCUT2D eigenvalue weighted by Crippen LogP contribution is 2.23. The van der Waals surface area contributed by atoms with Gasteiger partial charge >= 0.3 is 0 Å². The van der Waals surface area contributed by atoms with Crippen LogP contribution in [0.4, 0.5) is 0 Å². The van der Waals surface area contributed by atoms with Gasteiger partial charge in [-0.15, -0.1) is 0 Å². The van der Waals surface area contributed by atoms with Gasteiger partial charge in [0.1, 0.15) is 5.69 Å². The fourth-order valence-electron chi connectivity index (χ4n) is 3.02. The van der Waals surface area contributed by atoms with E-state index < -0.39 is 0 Å². The lowest BCUT2D eigenvalue weighted by Crippen LogP contribution is -2.39. The number of aromatic amines is 1. The van der Waals surface area contributed by atoms with Gasteiger partial charge < -0.3 is 9.88 Å². The lowest BCUT2D eigenvalue weighted by atomic mass is 9.90. The molecule has 0 radical (unpaired) electrons. The number of H-pyrrole nitrogens is 1. The highest BCUT2D eigenvalue weighted by Gasteiger charge is 2.25. The number of amides is 1. The number of aromatic nitrogens is 2. The molecule has 1 saturated heterocycles. The molecule has 1 N–H and O–H groups in total. The van der Waals surface area contributed by atoms with E-state index in [-0.39, 0.29) is 5.91 Å². The molecule has 2 heterocycles. The van der Waals surface area contributed by atoms with Crippen molar-refractivity contribution >= 4 is 17.5 Å². The average molecular weight is 318 g/mol. The number of hydrogen-bond donors (Lipinski definition) is 1. The molecule has 1 amide bonds. The fraction of sp³-hybridized carbons (Fsp3) is 0.412. The Hall–Kier alpha value is -1.81. The van der Waals surface area contributed by atoms with Crippen molar-refractivity contribution in [2.45, 2.75) is 26.2 Å². The Bertz CT molecular complexity index is 642. The first-order valence-electron chi connectivity index (χ1n) is 7.67. The van der Waals surface area contributed by atoms with Crippen molar-refractivity contribution in [1.82, 2.24) is 14.9 Å². The van der Waals surface area contributed by atoms with Crippen LogP contribution in [0.3, 0.4) is 0 Å². The Labute approximate surface area is 135 Å². The van der Waals surface area contributed by atoms with Crippen molar-refractivity contribution in [2.75, 3.05) is 13.1 Å². The normalized spacial score (nSPS) is 16.0. The van der Waals surface area contributed by atoms with Crippen LogP contribution < -0.4 is 0 Å². The lowest BCUT2D eigenvalue weighted by Gasteiger charge is -2.31. The third-order valence-corrected chi connectivity index (χ3v) is 4.62. The summed E-state index contributed by atoms with van der Waals surface area (Å²) >= 11 is 5.92. The summed E-state index contributed by atoms with van der Waals surface area (Å²) in [6.45, 7) is 3.50. The van der Waals surface area contributed by atoms with Gasteiger partial charge in [-0.3, -0.25) is 4.79 Å². The number of halogens is 1. The summed E-state index contributed by atoms with van der Waals surface area (Å²) in [6, 6.07) is 8.06. The van der Waals surface area contributed by atoms with Gasteiger partial charge in [0, 0.05) is 23.8 Å². The van der Waals surface area contributed by atoms with Crippen molar-refractivity contribution in [2.24, 2.45) is 5.92 Å². The predicted octanol–water partition coefficient (Wildman–Crippen LogP) is 3.47. The van der Waals surface area contributed by atoms with E-state index in [0.717, 1.165) is 43.1 Å². The molecule has 1 aromatic heterocycles. The molecule has 0 saturated carbocycles. The minimum Gasteiger partial charge on any atom is -0.348 e. The summed E-state index contributed by atoms with van der Waals surface area (Å²) in [6.07, 6.45) is 4.71. The number of carbonyl (C=O) groups is 1. The van der Waals surface area contributed by atoms with E-state index in [2.05, 4.69) is 22.1 Å². The number of hydrogen-bond acceptors (Lipinski definition) is 2. The maximum Gasteiger partial charge on any atom is 0.274 e. The van der Waals surface area contributed by atoms with E-state index in [1.165, 1.54) is 5.56 Å². The van der Waals surface area contributed by atoms with Gasteiger partial charge in [0.15, 0.2) is 0 Å². The van der Waals surface area contributed by atoms with Gasteiger partial charge in [-0.1, -0.05) is 23.7 Å². The molecule has 0 unspecified atom stereocenters. The molecule has 22 heavy (non-hydrogen) atoms. The first kappa shape index (κ1) is 15.1. The smallest absolute Gasteiger partial charge is 0.274 e. The molecule has 1 fully saturated rings. The summed E-state index contributed by atoms with van der Waals surface area (Å²) in [5.41, 5.74) is 2.71. The van der Waals surface area contributed by atoms with Crippen LogP contribution in [-0.2, 0) is 6.42 Å². The Morgan fingerprint density at radius 3 is 2.59 bits per heavy atom. The summed E-state index contributed by atoms with van der Waals surface area (Å²) in [4.78, 5) is 21.4. The number of imidazole rings is 1. The molecule has 0 aliphatic carbocycles. The molecule has 3 rings (SSSR count). The molecule has 0 atom stereocenters. The Morgan fingerprint density at radius 2 is 2.00 bits per heavy atom. The van der Waals surface area contributed by atoms with Crippen molar-refractivity contribution in [3.05, 3.63) is 52.6 Å². The standard InChI is InChI=1S/C17H20ClN3O/c1-12-16(20-11-19-12)17(22)21-8-6-14(7-9-21)10-13-2-4-15(18)5-3-13/h2-5,11,14H,6-10H2,1H3,(H,19,20). The number of nitrogens with zero attached hydrogens (tertiary/aromatic N) is 2. The SMILES string of the molecule is Cc1[nH]cnc1C(=O)N1CCC(Cc2ccc(Cl)cc2)CC1. The third kappa shape index (κ3) is 3.33. The Balaban J connectivity index is 1.55. The average Bonchev–Trinajstić information content (AvgIpc) is 2.96. The largest absolute Gasteiger partial charge is 0.348 e. The molecule has 116 valence electrons. The van der Waals surface area contributed by atoms with Gasteiger partial charge in [0.25, 0.3) is 5.91 Å². The summed E-state index contributed by atoms with van der Waals surface area (Å²) in [7, 11) is 0. The number of nitrogens with one attached hydrogen (secondary N) is 1. The molecule has 0 bridgehead atoms. The number of aryl methyl sites for hydroxylation is 1. The van der Waals surface area contributed by atoms with Crippen LogP contribution >= 0.6 is 11.6 Å². The molecule has 1 aromatic carbocycles. The van der Waals surface area contributed by atoms with E-state index in [1.54, 1.807) is 6.33 Å². The van der Waals surface area contributed by atoms with Crippen molar-refractivity contribution < 1.29 is 4.79 Å². The second kappa shape index (κ2) is 6.53. The van der Waals surface area contributed by atoms with Crippen LogP contribution in [0.1, 0.15) is 34.6 Å². The number of piperidine rings is 1. The maximum absolute atomic E-state index is 12.4. The lowest BCUT2D eigenvalue weighted by molar-refractivity contribution is 0.0684. The summed E-state index contributed by atoms with van der Waals surface area (Å²) in [5, 5.41) is 0.776.